The number of carbonyl (C=O) groups is 1. The number of rotatable bonds is 7. The van der Waals surface area contributed by atoms with Crippen LogP contribution in [0.3, 0.4) is 0 Å². The van der Waals surface area contributed by atoms with Gasteiger partial charge in [0.05, 0.1) is 12.1 Å². The minimum absolute atomic E-state index is 0.0940. The van der Waals surface area contributed by atoms with E-state index in [1.807, 2.05) is 45.9 Å². The third-order valence-corrected chi connectivity index (χ3v) is 6.10. The molecule has 32 heavy (non-hydrogen) atoms. The molecule has 1 aliphatic rings. The van der Waals surface area contributed by atoms with Gasteiger partial charge in [-0.05, 0) is 59.4 Å². The monoisotopic (exact) mass is 441 g/mol. The molecule has 1 aromatic heterocycles. The molecule has 1 fully saturated rings. The predicted octanol–water partition coefficient (Wildman–Crippen LogP) is 4.83. The molecule has 1 aliphatic heterocycles. The summed E-state index contributed by atoms with van der Waals surface area (Å²) in [5.74, 6) is 1.94. The second-order valence-corrected chi connectivity index (χ2v) is 9.83. The maximum absolute atomic E-state index is 12.5. The van der Waals surface area contributed by atoms with E-state index in [9.17, 15) is 4.79 Å². The van der Waals surface area contributed by atoms with Gasteiger partial charge in [-0.1, -0.05) is 37.3 Å². The third kappa shape index (κ3) is 6.55. The zero-order chi connectivity index (χ0) is 23.3. The second kappa shape index (κ2) is 10.5. The predicted molar refractivity (Wildman–Crippen MR) is 127 cm³/mol. The van der Waals surface area contributed by atoms with E-state index in [0.717, 1.165) is 56.0 Å². The van der Waals surface area contributed by atoms with Crippen LogP contribution in [0.1, 0.15) is 83.2 Å². The molecule has 3 rings (SSSR count). The summed E-state index contributed by atoms with van der Waals surface area (Å²) < 4.78 is 7.65. The zero-order valence-corrected chi connectivity index (χ0v) is 20.5. The van der Waals surface area contributed by atoms with Gasteiger partial charge in [0.25, 0.3) is 0 Å². The summed E-state index contributed by atoms with van der Waals surface area (Å²) in [6.07, 6.45) is 3.46. The average Bonchev–Trinajstić information content (AvgIpc) is 3.13. The van der Waals surface area contributed by atoms with E-state index < -0.39 is 5.60 Å². The summed E-state index contributed by atoms with van der Waals surface area (Å²) in [5, 5.41) is 7.80. The van der Waals surface area contributed by atoms with Crippen LogP contribution in [-0.4, -0.2) is 50.5 Å². The van der Waals surface area contributed by atoms with Gasteiger partial charge in [0.2, 0.25) is 0 Å². The fraction of sp³-hybridized carbons (Fsp3) is 0.640. The van der Waals surface area contributed by atoms with Crippen LogP contribution in [0.15, 0.2) is 30.3 Å². The topological polar surface area (TPSA) is 72.3 Å². The molecule has 2 atom stereocenters. The SMILES string of the molecule is CCc1nc(C)n(C2CCN(C(C)C[C@H](NC(=O)OC(C)(C)C)c3ccccc3)CC2)n1. The molecule has 7 heteroatoms. The fourth-order valence-electron chi connectivity index (χ4n) is 4.43. The molecule has 0 radical (unpaired) electrons. The Bertz CT molecular complexity index is 866. The Labute approximate surface area is 192 Å². The molecule has 0 spiro atoms. The molecule has 2 heterocycles. The van der Waals surface area contributed by atoms with Gasteiger partial charge in [-0.15, -0.1) is 0 Å². The number of piperidine rings is 1. The number of amides is 1. The van der Waals surface area contributed by atoms with Crippen molar-refractivity contribution in [3.8, 4) is 0 Å². The van der Waals surface area contributed by atoms with Gasteiger partial charge in [0.1, 0.15) is 11.4 Å². The van der Waals surface area contributed by atoms with E-state index in [0.29, 0.717) is 12.1 Å². The number of alkyl carbamates (subject to hydrolysis) is 1. The summed E-state index contributed by atoms with van der Waals surface area (Å²) in [7, 11) is 0. The highest BCUT2D eigenvalue weighted by atomic mass is 16.6. The molecular weight excluding hydrogens is 402 g/mol. The lowest BCUT2D eigenvalue weighted by Gasteiger charge is -2.37. The number of benzene rings is 1. The lowest BCUT2D eigenvalue weighted by atomic mass is 9.97. The Morgan fingerprint density at radius 1 is 1.22 bits per heavy atom. The fourth-order valence-corrected chi connectivity index (χ4v) is 4.43. The zero-order valence-electron chi connectivity index (χ0n) is 20.5. The van der Waals surface area contributed by atoms with Crippen molar-refractivity contribution in [2.45, 2.75) is 91.0 Å². The smallest absolute Gasteiger partial charge is 0.408 e. The van der Waals surface area contributed by atoms with Gasteiger partial charge < -0.3 is 15.0 Å². The Balaban J connectivity index is 1.61. The number of aromatic nitrogens is 3. The van der Waals surface area contributed by atoms with Crippen LogP contribution in [0, 0.1) is 6.92 Å². The van der Waals surface area contributed by atoms with E-state index in [1.165, 1.54) is 0 Å². The van der Waals surface area contributed by atoms with E-state index in [-0.39, 0.29) is 12.1 Å². The minimum atomic E-state index is -0.518. The lowest BCUT2D eigenvalue weighted by molar-refractivity contribution is 0.0486. The maximum atomic E-state index is 12.5. The van der Waals surface area contributed by atoms with Gasteiger partial charge in [-0.25, -0.2) is 14.5 Å². The Morgan fingerprint density at radius 3 is 2.44 bits per heavy atom. The standard InChI is InChI=1S/C25H39N5O2/c1-7-23-26-19(3)30(28-23)21-13-15-29(16-14-21)18(2)17-22(20-11-9-8-10-12-20)27-24(31)32-25(4,5)6/h8-12,18,21-22H,7,13-17H2,1-6H3,(H,27,31)/t18?,22-/m0/s1. The highest BCUT2D eigenvalue weighted by Gasteiger charge is 2.28. The molecule has 2 aromatic rings. The number of nitrogens with one attached hydrogen (secondary N) is 1. The molecule has 0 bridgehead atoms. The number of aryl methyl sites for hydroxylation is 2. The van der Waals surface area contributed by atoms with Gasteiger partial charge in [0.15, 0.2) is 5.82 Å². The van der Waals surface area contributed by atoms with E-state index in [4.69, 9.17) is 9.84 Å². The molecule has 0 aliphatic carbocycles. The molecule has 0 saturated carbocycles. The number of hydrogen-bond donors (Lipinski definition) is 1. The van der Waals surface area contributed by atoms with Crippen LogP contribution >= 0.6 is 0 Å². The molecule has 1 unspecified atom stereocenters. The van der Waals surface area contributed by atoms with E-state index >= 15 is 0 Å². The van der Waals surface area contributed by atoms with E-state index in [2.05, 4.69) is 45.9 Å². The average molecular weight is 442 g/mol. The van der Waals surface area contributed by atoms with E-state index in [1.54, 1.807) is 0 Å². The van der Waals surface area contributed by atoms with Gasteiger partial charge >= 0.3 is 6.09 Å². The van der Waals surface area contributed by atoms with Crippen molar-refractivity contribution < 1.29 is 9.53 Å². The van der Waals surface area contributed by atoms with Crippen molar-refractivity contribution in [1.29, 1.82) is 0 Å². The van der Waals surface area contributed by atoms with Crippen molar-refractivity contribution in [2.75, 3.05) is 13.1 Å². The van der Waals surface area contributed by atoms with Crippen LogP contribution in [0.4, 0.5) is 4.79 Å². The Hall–Kier alpha value is -2.41. The number of carbonyl (C=O) groups excluding carboxylic acids is 1. The van der Waals surface area contributed by atoms with Crippen molar-refractivity contribution >= 4 is 6.09 Å². The molecule has 1 aromatic carbocycles. The number of hydrogen-bond acceptors (Lipinski definition) is 5. The summed E-state index contributed by atoms with van der Waals surface area (Å²) in [5.41, 5.74) is 0.584. The highest BCUT2D eigenvalue weighted by molar-refractivity contribution is 5.68. The number of ether oxygens (including phenoxy) is 1. The summed E-state index contributed by atoms with van der Waals surface area (Å²) in [6.45, 7) is 14.1. The van der Waals surface area contributed by atoms with Gasteiger partial charge in [0, 0.05) is 25.6 Å². The molecule has 1 saturated heterocycles. The summed E-state index contributed by atoms with van der Waals surface area (Å²) >= 11 is 0. The first kappa shape index (κ1) is 24.2. The molecule has 7 nitrogen and oxygen atoms in total. The van der Waals surface area contributed by atoms with Crippen LogP contribution in [0.5, 0.6) is 0 Å². The van der Waals surface area contributed by atoms with Crippen molar-refractivity contribution in [1.82, 2.24) is 25.0 Å². The second-order valence-electron chi connectivity index (χ2n) is 9.83. The maximum Gasteiger partial charge on any atom is 0.408 e. The number of nitrogens with zero attached hydrogens (tertiary/aromatic N) is 4. The van der Waals surface area contributed by atoms with Crippen molar-refractivity contribution in [3.63, 3.8) is 0 Å². The summed E-state index contributed by atoms with van der Waals surface area (Å²) in [6, 6.07) is 10.8. The molecule has 176 valence electrons. The Morgan fingerprint density at radius 2 is 1.88 bits per heavy atom. The molecule has 1 N–H and O–H groups in total. The van der Waals surface area contributed by atoms with Crippen LogP contribution in [-0.2, 0) is 11.2 Å². The van der Waals surface area contributed by atoms with Crippen molar-refractivity contribution in [2.24, 2.45) is 0 Å². The lowest BCUT2D eigenvalue weighted by Crippen LogP contribution is -2.43. The third-order valence-electron chi connectivity index (χ3n) is 6.10. The normalized spacial score (nSPS) is 17.7. The van der Waals surface area contributed by atoms with Gasteiger partial charge in [-0.3, -0.25) is 0 Å². The van der Waals surface area contributed by atoms with Gasteiger partial charge in [-0.2, -0.15) is 5.10 Å². The minimum Gasteiger partial charge on any atom is -0.444 e. The van der Waals surface area contributed by atoms with Crippen LogP contribution in [0.25, 0.3) is 0 Å². The first-order chi connectivity index (χ1) is 15.2. The van der Waals surface area contributed by atoms with Crippen LogP contribution < -0.4 is 5.32 Å². The molecular formula is C25H39N5O2. The largest absolute Gasteiger partial charge is 0.444 e. The first-order valence-electron chi connectivity index (χ1n) is 11.9. The highest BCUT2D eigenvalue weighted by Crippen LogP contribution is 2.28. The van der Waals surface area contributed by atoms with Crippen molar-refractivity contribution in [3.05, 3.63) is 47.5 Å². The number of likely N-dealkylation sites (tertiary alicyclic amines) is 1. The first-order valence-corrected chi connectivity index (χ1v) is 11.9. The molecule has 1 amide bonds. The summed E-state index contributed by atoms with van der Waals surface area (Å²) in [4.78, 5) is 19.6. The quantitative estimate of drug-likeness (QED) is 0.666. The Kier molecular flexibility index (Phi) is 7.93. The van der Waals surface area contributed by atoms with Crippen LogP contribution in [0.2, 0.25) is 0 Å².